The largest absolute Gasteiger partial charge is 0.396 e. The van der Waals surface area contributed by atoms with Crippen molar-refractivity contribution in [3.05, 3.63) is 35.5 Å². The number of nitrogens with zero attached hydrogens (tertiary/aromatic N) is 2. The number of benzene rings is 1. The number of nitrogen functional groups attached to an aromatic ring is 1. The number of aromatic nitrogens is 2. The molecule has 0 unspecified atom stereocenters. The first-order valence-corrected chi connectivity index (χ1v) is 8.20. The predicted molar refractivity (Wildman–Crippen MR) is 76.4 cm³/mol. The minimum absolute atomic E-state index is 0.0475. The maximum atomic E-state index is 13.9. The van der Waals surface area contributed by atoms with Gasteiger partial charge in [-0.15, -0.1) is 0 Å². The molecule has 114 valence electrons. The van der Waals surface area contributed by atoms with E-state index in [1.165, 1.54) is 17.8 Å². The summed E-state index contributed by atoms with van der Waals surface area (Å²) in [6, 6.07) is 2.10. The van der Waals surface area contributed by atoms with Crippen molar-refractivity contribution in [2.24, 2.45) is 0 Å². The maximum Gasteiger partial charge on any atom is 0.149 e. The number of hydrogen-bond donors (Lipinski definition) is 1. The summed E-state index contributed by atoms with van der Waals surface area (Å²) in [6.45, 7) is 1.55. The Morgan fingerprint density at radius 2 is 1.95 bits per heavy atom. The van der Waals surface area contributed by atoms with Crippen LogP contribution >= 0.6 is 0 Å². The van der Waals surface area contributed by atoms with Gasteiger partial charge in [0.25, 0.3) is 0 Å². The topological polar surface area (TPSA) is 78.0 Å². The number of sulfone groups is 1. The third-order valence-electron chi connectivity index (χ3n) is 2.98. The van der Waals surface area contributed by atoms with Gasteiger partial charge in [-0.05, 0) is 24.6 Å². The van der Waals surface area contributed by atoms with Gasteiger partial charge in [-0.3, -0.25) is 4.68 Å². The normalized spacial score (nSPS) is 11.8. The molecule has 0 radical (unpaired) electrons. The summed E-state index contributed by atoms with van der Waals surface area (Å²) in [5.41, 5.74) is 6.14. The van der Waals surface area contributed by atoms with Gasteiger partial charge in [-0.2, -0.15) is 5.10 Å². The molecule has 0 aliphatic carbocycles. The van der Waals surface area contributed by atoms with Crippen LogP contribution in [0, 0.1) is 18.6 Å². The highest BCUT2D eigenvalue weighted by Crippen LogP contribution is 2.28. The SMILES string of the molecule is Cc1cc(F)c(-c2nn(CCS(C)(=O)=O)cc2N)cc1F. The van der Waals surface area contributed by atoms with Crippen molar-refractivity contribution in [2.75, 3.05) is 17.7 Å². The molecule has 0 atom stereocenters. The fraction of sp³-hybridized carbons (Fsp3) is 0.308. The molecule has 0 amide bonds. The van der Waals surface area contributed by atoms with Crippen LogP contribution in [0.1, 0.15) is 5.56 Å². The lowest BCUT2D eigenvalue weighted by atomic mass is 10.1. The Bertz CT molecular complexity index is 785. The second kappa shape index (κ2) is 5.44. The zero-order valence-corrected chi connectivity index (χ0v) is 12.4. The number of rotatable bonds is 4. The minimum atomic E-state index is -3.15. The molecule has 1 aromatic heterocycles. The van der Waals surface area contributed by atoms with Crippen molar-refractivity contribution in [1.82, 2.24) is 9.78 Å². The fourth-order valence-electron chi connectivity index (χ4n) is 1.85. The van der Waals surface area contributed by atoms with Crippen molar-refractivity contribution in [1.29, 1.82) is 0 Å². The molecule has 8 heteroatoms. The van der Waals surface area contributed by atoms with Crippen LogP contribution in [0.25, 0.3) is 11.3 Å². The molecule has 0 bridgehead atoms. The number of anilines is 1. The molecule has 2 aromatic rings. The van der Waals surface area contributed by atoms with Crippen molar-refractivity contribution >= 4 is 15.5 Å². The molecule has 2 rings (SSSR count). The highest BCUT2D eigenvalue weighted by atomic mass is 32.2. The maximum absolute atomic E-state index is 13.9. The van der Waals surface area contributed by atoms with E-state index in [0.717, 1.165) is 18.4 Å². The van der Waals surface area contributed by atoms with E-state index in [1.54, 1.807) is 0 Å². The van der Waals surface area contributed by atoms with E-state index in [-0.39, 0.29) is 34.8 Å². The lowest BCUT2D eigenvalue weighted by molar-refractivity contribution is 0.584. The van der Waals surface area contributed by atoms with E-state index >= 15 is 0 Å². The quantitative estimate of drug-likeness (QED) is 0.932. The Labute approximate surface area is 121 Å². The Morgan fingerprint density at radius 3 is 2.57 bits per heavy atom. The molecule has 0 saturated carbocycles. The standard InChI is InChI=1S/C13H15F2N3O2S/c1-8-5-11(15)9(6-10(8)14)13-12(16)7-18(17-13)3-4-21(2,19)20/h5-7H,3-4,16H2,1-2H3. The first kappa shape index (κ1) is 15.4. The van der Waals surface area contributed by atoms with Gasteiger partial charge in [-0.25, -0.2) is 17.2 Å². The Kier molecular flexibility index (Phi) is 3.99. The van der Waals surface area contributed by atoms with Crippen LogP contribution in [0.15, 0.2) is 18.3 Å². The molecular formula is C13H15F2N3O2S. The van der Waals surface area contributed by atoms with Crippen LogP contribution in [-0.2, 0) is 16.4 Å². The predicted octanol–water partition coefficient (Wildman–Crippen LogP) is 1.76. The average Bonchev–Trinajstić information content (AvgIpc) is 2.72. The summed E-state index contributed by atoms with van der Waals surface area (Å²) in [5, 5.41) is 4.04. The van der Waals surface area contributed by atoms with Crippen molar-refractivity contribution in [3.8, 4) is 11.3 Å². The number of nitrogens with two attached hydrogens (primary N) is 1. The monoisotopic (exact) mass is 315 g/mol. The van der Waals surface area contributed by atoms with Crippen LogP contribution in [0.3, 0.4) is 0 Å². The molecule has 1 aromatic carbocycles. The van der Waals surface area contributed by atoms with Crippen LogP contribution in [-0.4, -0.2) is 30.2 Å². The third kappa shape index (κ3) is 3.57. The molecule has 0 fully saturated rings. The van der Waals surface area contributed by atoms with Gasteiger partial charge in [0.05, 0.1) is 18.0 Å². The van der Waals surface area contributed by atoms with E-state index in [2.05, 4.69) is 5.10 Å². The van der Waals surface area contributed by atoms with Crippen molar-refractivity contribution in [2.45, 2.75) is 13.5 Å². The highest BCUT2D eigenvalue weighted by molar-refractivity contribution is 7.90. The fourth-order valence-corrected chi connectivity index (χ4v) is 2.37. The van der Waals surface area contributed by atoms with E-state index in [4.69, 9.17) is 5.73 Å². The average molecular weight is 315 g/mol. The van der Waals surface area contributed by atoms with Gasteiger partial charge < -0.3 is 5.73 Å². The Morgan fingerprint density at radius 1 is 1.29 bits per heavy atom. The van der Waals surface area contributed by atoms with Crippen LogP contribution < -0.4 is 5.73 Å². The van der Waals surface area contributed by atoms with E-state index in [1.807, 2.05) is 0 Å². The van der Waals surface area contributed by atoms with Gasteiger partial charge >= 0.3 is 0 Å². The lowest BCUT2D eigenvalue weighted by Crippen LogP contribution is -2.11. The van der Waals surface area contributed by atoms with Crippen LogP contribution in [0.2, 0.25) is 0 Å². The smallest absolute Gasteiger partial charge is 0.149 e. The number of aryl methyl sites for hydroxylation is 2. The molecule has 21 heavy (non-hydrogen) atoms. The summed E-state index contributed by atoms with van der Waals surface area (Å²) in [4.78, 5) is 0. The zero-order valence-electron chi connectivity index (χ0n) is 11.6. The summed E-state index contributed by atoms with van der Waals surface area (Å²) in [6.07, 6.45) is 2.51. The van der Waals surface area contributed by atoms with Gasteiger partial charge in [-0.1, -0.05) is 0 Å². The molecular weight excluding hydrogens is 300 g/mol. The molecule has 1 heterocycles. The molecule has 2 N–H and O–H groups in total. The summed E-state index contributed by atoms with van der Waals surface area (Å²) < 4.78 is 51.0. The van der Waals surface area contributed by atoms with Gasteiger partial charge in [0.1, 0.15) is 27.2 Å². The molecule has 5 nitrogen and oxygen atoms in total. The minimum Gasteiger partial charge on any atom is -0.396 e. The Hall–Kier alpha value is -1.96. The van der Waals surface area contributed by atoms with Crippen molar-refractivity contribution < 1.29 is 17.2 Å². The van der Waals surface area contributed by atoms with Crippen LogP contribution in [0.4, 0.5) is 14.5 Å². The van der Waals surface area contributed by atoms with Gasteiger partial charge in [0.2, 0.25) is 0 Å². The number of hydrogen-bond acceptors (Lipinski definition) is 4. The summed E-state index contributed by atoms with van der Waals surface area (Å²) in [5.74, 6) is -1.30. The second-order valence-corrected chi connectivity index (χ2v) is 7.17. The van der Waals surface area contributed by atoms with Gasteiger partial charge in [0.15, 0.2) is 0 Å². The molecule has 0 spiro atoms. The zero-order chi connectivity index (χ0) is 15.8. The van der Waals surface area contributed by atoms with Crippen molar-refractivity contribution in [3.63, 3.8) is 0 Å². The first-order valence-electron chi connectivity index (χ1n) is 6.14. The van der Waals surface area contributed by atoms with E-state index in [0.29, 0.717) is 0 Å². The van der Waals surface area contributed by atoms with E-state index < -0.39 is 21.5 Å². The molecule has 0 saturated heterocycles. The second-order valence-electron chi connectivity index (χ2n) is 4.91. The van der Waals surface area contributed by atoms with Crippen LogP contribution in [0.5, 0.6) is 0 Å². The Balaban J connectivity index is 2.37. The number of halogens is 2. The summed E-state index contributed by atoms with van der Waals surface area (Å²) in [7, 11) is -3.15. The summed E-state index contributed by atoms with van der Waals surface area (Å²) >= 11 is 0. The molecule has 0 aliphatic heterocycles. The van der Waals surface area contributed by atoms with Gasteiger partial charge in [0, 0.05) is 18.0 Å². The molecule has 0 aliphatic rings. The first-order chi connectivity index (χ1) is 9.67. The third-order valence-corrected chi connectivity index (χ3v) is 3.91. The highest BCUT2D eigenvalue weighted by Gasteiger charge is 2.16. The lowest BCUT2D eigenvalue weighted by Gasteiger charge is -2.04. The van der Waals surface area contributed by atoms with E-state index in [9.17, 15) is 17.2 Å².